The van der Waals surface area contributed by atoms with Gasteiger partial charge in [-0.3, -0.25) is 9.59 Å². The van der Waals surface area contributed by atoms with Gasteiger partial charge in [-0.05, 0) is 42.8 Å². The van der Waals surface area contributed by atoms with Crippen molar-refractivity contribution in [2.45, 2.75) is 26.8 Å². The number of hydrogen-bond acceptors (Lipinski definition) is 5. The molecule has 1 atom stereocenters. The van der Waals surface area contributed by atoms with E-state index in [4.69, 9.17) is 4.74 Å². The zero-order chi connectivity index (χ0) is 26.4. The largest absolute Gasteiger partial charge is 0.495 e. The van der Waals surface area contributed by atoms with E-state index in [1.807, 2.05) is 81.4 Å². The molecule has 1 aliphatic rings. The molecule has 1 saturated heterocycles. The van der Waals surface area contributed by atoms with Gasteiger partial charge in [-0.25, -0.2) is 0 Å². The Kier molecular flexibility index (Phi) is 8.33. The Bertz CT molecular complexity index is 1220. The van der Waals surface area contributed by atoms with Crippen LogP contribution in [0.3, 0.4) is 0 Å². The smallest absolute Gasteiger partial charge is 0.253 e. The standard InChI is InChI=1S/C30H36N4O3/c1-21(2)29(35)32-24-14-15-26(25(20-24)30(36)31-22(3)23-10-6-5-7-11-23)33-16-18-34(19-17-33)27-12-8-9-13-28(27)37-4/h5-15,20-22H,16-19H2,1-4H3,(H,31,36)(H,32,35). The second kappa shape index (κ2) is 11.8. The first-order chi connectivity index (χ1) is 17.9. The third-order valence-electron chi connectivity index (χ3n) is 6.73. The first-order valence-corrected chi connectivity index (χ1v) is 12.8. The minimum Gasteiger partial charge on any atom is -0.495 e. The molecular weight excluding hydrogens is 464 g/mol. The molecule has 0 bridgehead atoms. The van der Waals surface area contributed by atoms with E-state index in [9.17, 15) is 9.59 Å². The van der Waals surface area contributed by atoms with Crippen LogP contribution >= 0.6 is 0 Å². The summed E-state index contributed by atoms with van der Waals surface area (Å²) in [6.45, 7) is 8.78. The van der Waals surface area contributed by atoms with E-state index in [0.29, 0.717) is 11.3 Å². The predicted molar refractivity (Wildman–Crippen MR) is 150 cm³/mol. The number of rotatable bonds is 8. The Balaban J connectivity index is 1.56. The fraction of sp³-hybridized carbons (Fsp3) is 0.333. The van der Waals surface area contributed by atoms with Gasteiger partial charge in [0.05, 0.1) is 24.4 Å². The number of para-hydroxylation sites is 2. The van der Waals surface area contributed by atoms with Crippen molar-refractivity contribution in [1.29, 1.82) is 0 Å². The van der Waals surface area contributed by atoms with Crippen LogP contribution in [0.2, 0.25) is 0 Å². The van der Waals surface area contributed by atoms with E-state index >= 15 is 0 Å². The highest BCUT2D eigenvalue weighted by atomic mass is 16.5. The van der Waals surface area contributed by atoms with Crippen LogP contribution in [0.4, 0.5) is 17.1 Å². The van der Waals surface area contributed by atoms with E-state index in [-0.39, 0.29) is 23.8 Å². The molecule has 1 aliphatic heterocycles. The molecule has 3 aromatic carbocycles. The number of carbonyl (C=O) groups excluding carboxylic acids is 2. The summed E-state index contributed by atoms with van der Waals surface area (Å²) < 4.78 is 5.55. The summed E-state index contributed by atoms with van der Waals surface area (Å²) in [6.07, 6.45) is 0. The van der Waals surface area contributed by atoms with Gasteiger partial charge in [0.15, 0.2) is 0 Å². The molecule has 1 unspecified atom stereocenters. The number of carbonyl (C=O) groups is 2. The van der Waals surface area contributed by atoms with Crippen LogP contribution in [0.5, 0.6) is 5.75 Å². The van der Waals surface area contributed by atoms with Gasteiger partial charge in [0.2, 0.25) is 5.91 Å². The van der Waals surface area contributed by atoms with Crippen LogP contribution in [0, 0.1) is 5.92 Å². The summed E-state index contributed by atoms with van der Waals surface area (Å²) in [5.41, 5.74) is 4.14. The van der Waals surface area contributed by atoms with Crippen LogP contribution in [0.15, 0.2) is 72.8 Å². The third-order valence-corrected chi connectivity index (χ3v) is 6.73. The van der Waals surface area contributed by atoms with Crippen LogP contribution in [0.1, 0.15) is 42.7 Å². The highest BCUT2D eigenvalue weighted by molar-refractivity contribution is 6.02. The van der Waals surface area contributed by atoms with Crippen molar-refractivity contribution in [3.8, 4) is 5.75 Å². The number of hydrogen-bond donors (Lipinski definition) is 2. The van der Waals surface area contributed by atoms with E-state index in [1.165, 1.54) is 0 Å². The Morgan fingerprint density at radius 2 is 1.43 bits per heavy atom. The van der Waals surface area contributed by atoms with Gasteiger partial charge in [0.25, 0.3) is 5.91 Å². The summed E-state index contributed by atoms with van der Waals surface area (Å²) in [6, 6.07) is 23.4. The molecule has 4 rings (SSSR count). The molecule has 37 heavy (non-hydrogen) atoms. The number of methoxy groups -OCH3 is 1. The fourth-order valence-electron chi connectivity index (χ4n) is 4.54. The lowest BCUT2D eigenvalue weighted by Gasteiger charge is -2.38. The van der Waals surface area contributed by atoms with Crippen molar-refractivity contribution < 1.29 is 14.3 Å². The van der Waals surface area contributed by atoms with Crippen molar-refractivity contribution >= 4 is 28.9 Å². The van der Waals surface area contributed by atoms with E-state index in [0.717, 1.165) is 48.9 Å². The van der Waals surface area contributed by atoms with Crippen molar-refractivity contribution in [2.75, 3.05) is 48.4 Å². The second-order valence-electron chi connectivity index (χ2n) is 9.63. The molecule has 0 aromatic heterocycles. The minimum absolute atomic E-state index is 0.0813. The lowest BCUT2D eigenvalue weighted by Crippen LogP contribution is -2.47. The SMILES string of the molecule is COc1ccccc1N1CCN(c2ccc(NC(=O)C(C)C)cc2C(=O)NC(C)c2ccccc2)CC1. The normalized spacial score (nSPS) is 14.3. The average molecular weight is 501 g/mol. The van der Waals surface area contributed by atoms with E-state index < -0.39 is 0 Å². The Morgan fingerprint density at radius 3 is 2.08 bits per heavy atom. The zero-order valence-corrected chi connectivity index (χ0v) is 22.0. The quantitative estimate of drug-likeness (QED) is 0.450. The van der Waals surface area contributed by atoms with Crippen molar-refractivity contribution in [2.24, 2.45) is 5.92 Å². The van der Waals surface area contributed by atoms with E-state index in [1.54, 1.807) is 13.2 Å². The highest BCUT2D eigenvalue weighted by Crippen LogP contribution is 2.31. The fourth-order valence-corrected chi connectivity index (χ4v) is 4.54. The lowest BCUT2D eigenvalue weighted by atomic mass is 10.1. The van der Waals surface area contributed by atoms with Crippen molar-refractivity contribution in [1.82, 2.24) is 5.32 Å². The maximum absolute atomic E-state index is 13.6. The van der Waals surface area contributed by atoms with Gasteiger partial charge in [-0.15, -0.1) is 0 Å². The molecule has 7 heteroatoms. The number of piperazine rings is 1. The molecule has 3 aromatic rings. The van der Waals surface area contributed by atoms with Gasteiger partial charge < -0.3 is 25.2 Å². The number of amides is 2. The van der Waals surface area contributed by atoms with E-state index in [2.05, 4.69) is 26.5 Å². The summed E-state index contributed by atoms with van der Waals surface area (Å²) in [4.78, 5) is 30.4. The number of ether oxygens (including phenoxy) is 1. The molecule has 2 N–H and O–H groups in total. The highest BCUT2D eigenvalue weighted by Gasteiger charge is 2.24. The van der Waals surface area contributed by atoms with Crippen molar-refractivity contribution in [3.05, 3.63) is 83.9 Å². The van der Waals surface area contributed by atoms with Crippen LogP contribution in [-0.2, 0) is 4.79 Å². The molecular formula is C30H36N4O3. The second-order valence-corrected chi connectivity index (χ2v) is 9.63. The maximum Gasteiger partial charge on any atom is 0.253 e. The first-order valence-electron chi connectivity index (χ1n) is 12.8. The molecule has 0 radical (unpaired) electrons. The van der Waals surface area contributed by atoms with Gasteiger partial charge >= 0.3 is 0 Å². The Hall–Kier alpha value is -4.00. The minimum atomic E-state index is -0.167. The summed E-state index contributed by atoms with van der Waals surface area (Å²) in [5.74, 6) is 0.454. The van der Waals surface area contributed by atoms with Gasteiger partial charge in [0.1, 0.15) is 5.75 Å². The summed E-state index contributed by atoms with van der Waals surface area (Å²) in [7, 11) is 1.69. The third kappa shape index (κ3) is 6.23. The molecule has 1 heterocycles. The Morgan fingerprint density at radius 1 is 0.811 bits per heavy atom. The van der Waals surface area contributed by atoms with Crippen molar-refractivity contribution in [3.63, 3.8) is 0 Å². The first kappa shape index (κ1) is 26.1. The number of nitrogens with zero attached hydrogens (tertiary/aromatic N) is 2. The zero-order valence-electron chi connectivity index (χ0n) is 22.0. The molecule has 1 fully saturated rings. The topological polar surface area (TPSA) is 73.9 Å². The Labute approximate surface area is 219 Å². The van der Waals surface area contributed by atoms with Crippen LogP contribution < -0.4 is 25.2 Å². The molecule has 0 spiro atoms. The number of anilines is 3. The molecule has 7 nitrogen and oxygen atoms in total. The van der Waals surface area contributed by atoms with Gasteiger partial charge in [-0.2, -0.15) is 0 Å². The van der Waals surface area contributed by atoms with Gasteiger partial charge in [-0.1, -0.05) is 56.3 Å². The number of benzene rings is 3. The van der Waals surface area contributed by atoms with Crippen LogP contribution in [0.25, 0.3) is 0 Å². The molecule has 2 amide bonds. The predicted octanol–water partition coefficient (Wildman–Crippen LogP) is 5.11. The summed E-state index contributed by atoms with van der Waals surface area (Å²) in [5, 5.41) is 6.07. The maximum atomic E-state index is 13.6. The number of nitrogens with one attached hydrogen (secondary N) is 2. The molecule has 0 aliphatic carbocycles. The lowest BCUT2D eigenvalue weighted by molar-refractivity contribution is -0.118. The summed E-state index contributed by atoms with van der Waals surface area (Å²) >= 11 is 0. The van der Waals surface area contributed by atoms with Gasteiger partial charge in [0, 0.05) is 43.5 Å². The molecule has 194 valence electrons. The van der Waals surface area contributed by atoms with Crippen LogP contribution in [-0.4, -0.2) is 45.1 Å². The monoisotopic (exact) mass is 500 g/mol. The average Bonchev–Trinajstić information content (AvgIpc) is 2.93. The molecule has 0 saturated carbocycles.